The van der Waals surface area contributed by atoms with Gasteiger partial charge in [-0.3, -0.25) is 0 Å². The average molecular weight is 396 g/mol. The molecule has 2 saturated carbocycles. The van der Waals surface area contributed by atoms with Crippen LogP contribution in [-0.2, 0) is 24.1 Å². The van der Waals surface area contributed by atoms with Crippen LogP contribution in [0.2, 0.25) is 0 Å². The minimum Gasteiger partial charge on any atom is -0.216 e. The summed E-state index contributed by atoms with van der Waals surface area (Å²) in [6, 6.07) is -0.145. The highest BCUT2D eigenvalue weighted by atomic mass is 32.3. The zero-order valence-corrected chi connectivity index (χ0v) is 16.7. The molecule has 2 aliphatic rings. The van der Waals surface area contributed by atoms with E-state index >= 15 is 0 Å². The first-order valence-corrected chi connectivity index (χ1v) is 12.5. The van der Waals surface area contributed by atoms with E-state index in [-0.39, 0.29) is 12.1 Å². The Morgan fingerprint density at radius 3 is 1.36 bits per heavy atom. The van der Waals surface area contributed by atoms with Crippen LogP contribution >= 0.6 is 0 Å². The van der Waals surface area contributed by atoms with Crippen LogP contribution in [0.4, 0.5) is 0 Å². The lowest BCUT2D eigenvalue weighted by Gasteiger charge is -2.39. The highest BCUT2D eigenvalue weighted by molar-refractivity contribution is 7.98. The largest absolute Gasteiger partial charge is 0.347 e. The maximum atomic E-state index is 13.0. The number of hydrogen-bond acceptors (Lipinski definition) is 5. The van der Waals surface area contributed by atoms with Crippen LogP contribution in [0, 0.1) is 4.78 Å². The minimum atomic E-state index is -4.44. The Balaban J connectivity index is 2.27. The monoisotopic (exact) mass is 395 g/mol. The first-order chi connectivity index (χ1) is 11.8. The fourth-order valence-electron chi connectivity index (χ4n) is 4.23. The number of nitrogens with zero attached hydrogens (tertiary/aromatic N) is 1. The van der Waals surface area contributed by atoms with Crippen molar-refractivity contribution in [2.45, 2.75) is 102 Å². The Morgan fingerprint density at radius 2 is 1.04 bits per heavy atom. The maximum Gasteiger partial charge on any atom is 0.347 e. The van der Waals surface area contributed by atoms with E-state index in [0.29, 0.717) is 0 Å². The van der Waals surface area contributed by atoms with Gasteiger partial charge >= 0.3 is 10.3 Å². The summed E-state index contributed by atoms with van der Waals surface area (Å²) in [7, 11) is -8.36. The molecule has 0 aromatic rings. The summed E-state index contributed by atoms with van der Waals surface area (Å²) in [6.45, 7) is 0. The summed E-state index contributed by atoms with van der Waals surface area (Å²) < 4.78 is 50.2. The van der Waals surface area contributed by atoms with Crippen LogP contribution in [0.5, 0.6) is 0 Å². The highest BCUT2D eigenvalue weighted by Gasteiger charge is 2.36. The molecular formula is C16H33N3O4S2. The molecule has 0 amide bonds. The quantitative estimate of drug-likeness (QED) is 0.740. The summed E-state index contributed by atoms with van der Waals surface area (Å²) in [5.74, 6) is 0. The molecule has 2 rings (SSSR count). The molecule has 0 aromatic carbocycles. The molecule has 9 heteroatoms. The van der Waals surface area contributed by atoms with Crippen molar-refractivity contribution in [3.05, 3.63) is 0 Å². The SMILES string of the molecule is N=S(=O)(OS(N)(=O)=O)N(C1CCCCCCC1)C1CCCCCCC1. The first-order valence-electron chi connectivity index (χ1n) is 9.61. The fraction of sp³-hybridized carbons (Fsp3) is 1.00. The van der Waals surface area contributed by atoms with Gasteiger partial charge in [-0.1, -0.05) is 64.2 Å². The molecule has 0 aromatic heterocycles. The fourth-order valence-corrected chi connectivity index (χ4v) is 6.75. The maximum absolute atomic E-state index is 13.0. The predicted molar refractivity (Wildman–Crippen MR) is 99.1 cm³/mol. The van der Waals surface area contributed by atoms with E-state index in [2.05, 4.69) is 3.63 Å². The van der Waals surface area contributed by atoms with E-state index in [1.165, 1.54) is 12.8 Å². The highest BCUT2D eigenvalue weighted by Crippen LogP contribution is 2.31. The van der Waals surface area contributed by atoms with Crippen molar-refractivity contribution in [3.63, 3.8) is 0 Å². The standard InChI is InChI=1S/C16H33N3O4S2/c17-24(20,23-25(18,21)22)19(15-11-7-3-1-4-8-12-15)16-13-9-5-2-6-10-14-16/h15-17H,1-14H2,(H2,18,21,22). The number of hydrogen-bond donors (Lipinski definition) is 2. The molecule has 0 radical (unpaired) electrons. The van der Waals surface area contributed by atoms with Crippen LogP contribution in [0.25, 0.3) is 0 Å². The van der Waals surface area contributed by atoms with Gasteiger partial charge in [0.1, 0.15) is 0 Å². The Hall–Kier alpha value is -0.220. The van der Waals surface area contributed by atoms with Gasteiger partial charge in [-0.2, -0.15) is 12.7 Å². The van der Waals surface area contributed by atoms with Crippen molar-refractivity contribution in [1.29, 1.82) is 4.78 Å². The van der Waals surface area contributed by atoms with E-state index in [1.54, 1.807) is 4.31 Å². The molecular weight excluding hydrogens is 362 g/mol. The molecule has 7 nitrogen and oxygen atoms in total. The van der Waals surface area contributed by atoms with Gasteiger partial charge in [-0.15, -0.1) is 3.63 Å². The zero-order chi connectivity index (χ0) is 18.3. The average Bonchev–Trinajstić information content (AvgIpc) is 2.40. The smallest absolute Gasteiger partial charge is 0.216 e. The molecule has 0 bridgehead atoms. The molecule has 0 heterocycles. The van der Waals surface area contributed by atoms with Gasteiger partial charge in [0.05, 0.1) is 0 Å². The summed E-state index contributed by atoms with van der Waals surface area (Å²) in [6.07, 6.45) is 14.3. The third-order valence-corrected chi connectivity index (χ3v) is 7.98. The molecule has 3 N–H and O–H groups in total. The second-order valence-electron chi connectivity index (χ2n) is 7.39. The Morgan fingerprint density at radius 1 is 0.720 bits per heavy atom. The second-order valence-corrected chi connectivity index (χ2v) is 10.3. The lowest BCUT2D eigenvalue weighted by atomic mass is 9.92. The van der Waals surface area contributed by atoms with Crippen LogP contribution in [0.1, 0.15) is 89.9 Å². The van der Waals surface area contributed by atoms with Gasteiger partial charge in [0, 0.05) is 12.1 Å². The van der Waals surface area contributed by atoms with E-state index in [1.807, 2.05) is 0 Å². The van der Waals surface area contributed by atoms with Crippen molar-refractivity contribution in [1.82, 2.24) is 4.31 Å². The number of rotatable bonds is 5. The van der Waals surface area contributed by atoms with Crippen molar-refractivity contribution < 1.29 is 16.3 Å². The predicted octanol–water partition coefficient (Wildman–Crippen LogP) is 3.61. The number of nitrogens with one attached hydrogen (secondary N) is 1. The second kappa shape index (κ2) is 9.64. The summed E-state index contributed by atoms with van der Waals surface area (Å²) in [5, 5.41) is 4.95. The van der Waals surface area contributed by atoms with Gasteiger partial charge in [-0.05, 0) is 25.7 Å². The molecule has 2 aliphatic carbocycles. The molecule has 1 unspecified atom stereocenters. The normalized spacial score (nSPS) is 25.5. The van der Waals surface area contributed by atoms with Gasteiger partial charge in [0.15, 0.2) is 0 Å². The van der Waals surface area contributed by atoms with Crippen molar-refractivity contribution in [3.8, 4) is 0 Å². The van der Waals surface area contributed by atoms with Crippen LogP contribution in [0.3, 0.4) is 0 Å². The topological polar surface area (TPSA) is 114 Å². The Labute approximate surface area is 153 Å². The minimum absolute atomic E-state index is 0.0727. The number of nitrogens with two attached hydrogens (primary N) is 1. The van der Waals surface area contributed by atoms with Gasteiger partial charge in [-0.25, -0.2) is 14.1 Å². The lowest BCUT2D eigenvalue weighted by molar-refractivity contribution is 0.181. The van der Waals surface area contributed by atoms with Crippen LogP contribution < -0.4 is 5.14 Å². The van der Waals surface area contributed by atoms with Crippen LogP contribution in [0.15, 0.2) is 0 Å². The lowest BCUT2D eigenvalue weighted by Crippen LogP contribution is -2.48. The first kappa shape index (κ1) is 21.1. The van der Waals surface area contributed by atoms with Gasteiger partial charge in [0.25, 0.3) is 0 Å². The summed E-state index contributed by atoms with van der Waals surface area (Å²) >= 11 is 0. The van der Waals surface area contributed by atoms with E-state index in [0.717, 1.165) is 77.0 Å². The Kier molecular flexibility index (Phi) is 8.13. The molecule has 1 atom stereocenters. The van der Waals surface area contributed by atoms with Gasteiger partial charge < -0.3 is 0 Å². The summed E-state index contributed by atoms with van der Waals surface area (Å²) in [4.78, 5) is 0. The Bertz CT molecular complexity index is 569. The third-order valence-electron chi connectivity index (χ3n) is 5.33. The van der Waals surface area contributed by atoms with E-state index in [9.17, 15) is 12.6 Å². The van der Waals surface area contributed by atoms with Gasteiger partial charge in [0.2, 0.25) is 10.2 Å². The van der Waals surface area contributed by atoms with Crippen molar-refractivity contribution in [2.75, 3.05) is 0 Å². The van der Waals surface area contributed by atoms with Crippen LogP contribution in [-0.4, -0.2) is 29.0 Å². The summed E-state index contributed by atoms with van der Waals surface area (Å²) in [5.41, 5.74) is 0. The molecule has 2 fully saturated rings. The van der Waals surface area contributed by atoms with Crippen molar-refractivity contribution in [2.24, 2.45) is 5.14 Å². The molecule has 0 spiro atoms. The zero-order valence-electron chi connectivity index (χ0n) is 15.0. The molecule has 0 aliphatic heterocycles. The third kappa shape index (κ3) is 7.13. The van der Waals surface area contributed by atoms with E-state index < -0.39 is 20.5 Å². The molecule has 148 valence electrons. The van der Waals surface area contributed by atoms with Crippen molar-refractivity contribution >= 4 is 20.5 Å². The van der Waals surface area contributed by atoms with E-state index in [4.69, 9.17) is 9.92 Å². The molecule has 25 heavy (non-hydrogen) atoms. The molecule has 0 saturated heterocycles.